The van der Waals surface area contributed by atoms with E-state index in [9.17, 15) is 0 Å². The Kier molecular flexibility index (Phi) is 2.69. The predicted octanol–water partition coefficient (Wildman–Crippen LogP) is 1.15. The maximum atomic E-state index is 5.80. The third kappa shape index (κ3) is 1.96. The lowest BCUT2D eigenvalue weighted by Crippen LogP contribution is -2.31. The van der Waals surface area contributed by atoms with Gasteiger partial charge in [0.15, 0.2) is 0 Å². The fourth-order valence-corrected chi connectivity index (χ4v) is 1.37. The van der Waals surface area contributed by atoms with Gasteiger partial charge in [-0.25, -0.2) is 0 Å². The Labute approximate surface area is 62.7 Å². The van der Waals surface area contributed by atoms with E-state index in [1.165, 1.54) is 0 Å². The topological polar surface area (TPSA) is 35.2 Å². The van der Waals surface area contributed by atoms with Crippen LogP contribution in [-0.2, 0) is 4.74 Å². The van der Waals surface area contributed by atoms with Crippen LogP contribution in [0.3, 0.4) is 0 Å². The summed E-state index contributed by atoms with van der Waals surface area (Å²) in [4.78, 5) is 0. The summed E-state index contributed by atoms with van der Waals surface area (Å²) in [6, 6.07) is 0.294. The second-order valence-electron chi connectivity index (χ2n) is 3.49. The van der Waals surface area contributed by atoms with Crippen molar-refractivity contribution in [3.8, 4) is 0 Å². The molecule has 2 heteroatoms. The van der Waals surface area contributed by atoms with E-state index in [1.54, 1.807) is 0 Å². The summed E-state index contributed by atoms with van der Waals surface area (Å²) in [5.74, 6) is 0.703. The summed E-state index contributed by atoms with van der Waals surface area (Å²) >= 11 is 0. The van der Waals surface area contributed by atoms with Crippen molar-refractivity contribution in [2.45, 2.75) is 38.8 Å². The lowest BCUT2D eigenvalue weighted by Gasteiger charge is -2.15. The van der Waals surface area contributed by atoms with Crippen molar-refractivity contribution in [3.63, 3.8) is 0 Å². The lowest BCUT2D eigenvalue weighted by atomic mass is 10.0. The minimum atomic E-state index is 0.294. The molecule has 1 saturated heterocycles. The van der Waals surface area contributed by atoms with E-state index in [4.69, 9.17) is 10.5 Å². The van der Waals surface area contributed by atoms with Crippen molar-refractivity contribution >= 4 is 0 Å². The highest BCUT2D eigenvalue weighted by molar-refractivity contribution is 4.79. The first kappa shape index (κ1) is 8.02. The van der Waals surface area contributed by atoms with E-state index < -0.39 is 0 Å². The molecule has 0 aromatic rings. The van der Waals surface area contributed by atoms with Crippen molar-refractivity contribution in [2.24, 2.45) is 11.7 Å². The van der Waals surface area contributed by atoms with E-state index in [-0.39, 0.29) is 0 Å². The smallest absolute Gasteiger partial charge is 0.0729 e. The van der Waals surface area contributed by atoms with Gasteiger partial charge in [0, 0.05) is 12.6 Å². The van der Waals surface area contributed by atoms with Gasteiger partial charge in [0.05, 0.1) is 6.10 Å². The molecule has 0 saturated carbocycles. The van der Waals surface area contributed by atoms with Gasteiger partial charge < -0.3 is 10.5 Å². The molecule has 2 atom stereocenters. The third-order valence-electron chi connectivity index (χ3n) is 1.96. The molecule has 1 rings (SSSR count). The molecule has 1 heterocycles. The van der Waals surface area contributed by atoms with Crippen LogP contribution in [0.5, 0.6) is 0 Å². The molecule has 60 valence electrons. The predicted molar refractivity (Wildman–Crippen MR) is 41.8 cm³/mol. The highest BCUT2D eigenvalue weighted by Crippen LogP contribution is 2.18. The average molecular weight is 143 g/mol. The third-order valence-corrected chi connectivity index (χ3v) is 1.96. The summed E-state index contributed by atoms with van der Waals surface area (Å²) in [6.07, 6.45) is 2.48. The first-order valence-electron chi connectivity index (χ1n) is 4.07. The van der Waals surface area contributed by atoms with Crippen LogP contribution in [-0.4, -0.2) is 18.8 Å². The first-order valence-corrected chi connectivity index (χ1v) is 4.07. The Morgan fingerprint density at radius 3 is 2.70 bits per heavy atom. The second kappa shape index (κ2) is 3.35. The van der Waals surface area contributed by atoms with Gasteiger partial charge in [0.1, 0.15) is 0 Å². The van der Waals surface area contributed by atoms with Crippen LogP contribution in [0.15, 0.2) is 0 Å². The number of hydrogen-bond acceptors (Lipinski definition) is 2. The molecule has 10 heavy (non-hydrogen) atoms. The molecule has 0 radical (unpaired) electrons. The summed E-state index contributed by atoms with van der Waals surface area (Å²) in [7, 11) is 0. The van der Waals surface area contributed by atoms with Gasteiger partial charge >= 0.3 is 0 Å². The summed E-state index contributed by atoms with van der Waals surface area (Å²) in [5, 5.41) is 0. The molecule has 1 fully saturated rings. The van der Waals surface area contributed by atoms with Crippen LogP contribution in [0.4, 0.5) is 0 Å². The van der Waals surface area contributed by atoms with Gasteiger partial charge in [0.2, 0.25) is 0 Å². The van der Waals surface area contributed by atoms with Crippen molar-refractivity contribution in [1.29, 1.82) is 0 Å². The van der Waals surface area contributed by atoms with Crippen molar-refractivity contribution < 1.29 is 4.74 Å². The van der Waals surface area contributed by atoms with Crippen LogP contribution in [0.1, 0.15) is 26.7 Å². The molecule has 0 amide bonds. The molecule has 1 aliphatic rings. The fourth-order valence-electron chi connectivity index (χ4n) is 1.37. The van der Waals surface area contributed by atoms with Crippen LogP contribution >= 0.6 is 0 Å². The largest absolute Gasteiger partial charge is 0.377 e. The molecule has 2 N–H and O–H groups in total. The number of ether oxygens (including phenoxy) is 1. The molecule has 0 aliphatic carbocycles. The number of hydrogen-bond donors (Lipinski definition) is 1. The Balaban J connectivity index is 2.26. The zero-order chi connectivity index (χ0) is 7.56. The number of nitrogens with two attached hydrogens (primary N) is 1. The highest BCUT2D eigenvalue weighted by atomic mass is 16.5. The van der Waals surface area contributed by atoms with E-state index in [0.29, 0.717) is 18.1 Å². The van der Waals surface area contributed by atoms with Crippen LogP contribution in [0.2, 0.25) is 0 Å². The van der Waals surface area contributed by atoms with Gasteiger partial charge in [-0.1, -0.05) is 13.8 Å². The maximum absolute atomic E-state index is 5.80. The van der Waals surface area contributed by atoms with E-state index in [1.807, 2.05) is 0 Å². The van der Waals surface area contributed by atoms with Crippen molar-refractivity contribution in [2.75, 3.05) is 6.61 Å². The minimum absolute atomic E-state index is 0.294. The Morgan fingerprint density at radius 1 is 1.60 bits per heavy atom. The SMILES string of the molecule is CC(C)CC1OCCC1N. The van der Waals surface area contributed by atoms with Gasteiger partial charge in [-0.15, -0.1) is 0 Å². The highest BCUT2D eigenvalue weighted by Gasteiger charge is 2.24. The Morgan fingerprint density at radius 2 is 2.30 bits per heavy atom. The van der Waals surface area contributed by atoms with E-state index >= 15 is 0 Å². The summed E-state index contributed by atoms with van der Waals surface area (Å²) in [6.45, 7) is 5.27. The zero-order valence-electron chi connectivity index (χ0n) is 6.84. The van der Waals surface area contributed by atoms with Crippen LogP contribution in [0, 0.1) is 5.92 Å². The maximum Gasteiger partial charge on any atom is 0.0729 e. The first-order chi connectivity index (χ1) is 4.70. The van der Waals surface area contributed by atoms with Gasteiger partial charge in [-0.05, 0) is 18.8 Å². The van der Waals surface area contributed by atoms with E-state index in [0.717, 1.165) is 19.4 Å². The van der Waals surface area contributed by atoms with Gasteiger partial charge in [0.25, 0.3) is 0 Å². The van der Waals surface area contributed by atoms with Crippen LogP contribution < -0.4 is 5.73 Å². The van der Waals surface area contributed by atoms with Crippen molar-refractivity contribution in [1.82, 2.24) is 0 Å². The molecule has 0 aromatic heterocycles. The van der Waals surface area contributed by atoms with Crippen molar-refractivity contribution in [3.05, 3.63) is 0 Å². The van der Waals surface area contributed by atoms with Gasteiger partial charge in [-0.2, -0.15) is 0 Å². The molecular weight excluding hydrogens is 126 g/mol. The molecule has 2 unspecified atom stereocenters. The minimum Gasteiger partial charge on any atom is -0.377 e. The van der Waals surface area contributed by atoms with E-state index in [2.05, 4.69) is 13.8 Å². The molecule has 0 bridgehead atoms. The number of rotatable bonds is 2. The Hall–Kier alpha value is -0.0800. The summed E-state index contributed by atoms with van der Waals surface area (Å²) in [5.41, 5.74) is 5.80. The molecule has 0 aromatic carbocycles. The molecule has 0 spiro atoms. The van der Waals surface area contributed by atoms with Crippen LogP contribution in [0.25, 0.3) is 0 Å². The molecule has 1 aliphatic heterocycles. The molecular formula is C8H17NO. The normalized spacial score (nSPS) is 33.6. The lowest BCUT2D eigenvalue weighted by molar-refractivity contribution is 0.0871. The second-order valence-corrected chi connectivity index (χ2v) is 3.49. The zero-order valence-corrected chi connectivity index (χ0v) is 6.84. The average Bonchev–Trinajstić information content (AvgIpc) is 2.15. The fraction of sp³-hybridized carbons (Fsp3) is 1.00. The summed E-state index contributed by atoms with van der Waals surface area (Å²) < 4.78 is 5.45. The monoisotopic (exact) mass is 143 g/mol. The Bertz CT molecular complexity index is 103. The quantitative estimate of drug-likeness (QED) is 0.629. The molecule has 2 nitrogen and oxygen atoms in total. The standard InChI is InChI=1S/C8H17NO/c1-6(2)5-8-7(9)3-4-10-8/h6-8H,3-5,9H2,1-2H3. The van der Waals surface area contributed by atoms with Gasteiger partial charge in [-0.3, -0.25) is 0 Å².